The molecule has 0 aromatic heterocycles. The monoisotopic (exact) mass is 447 g/mol. The smallest absolute Gasteiger partial charge is 0.320 e. The van der Waals surface area contributed by atoms with Gasteiger partial charge in [-0.1, -0.05) is 42.5 Å². The van der Waals surface area contributed by atoms with E-state index in [1.54, 1.807) is 45.0 Å². The van der Waals surface area contributed by atoms with Gasteiger partial charge in [0.2, 0.25) is 0 Å². The quantitative estimate of drug-likeness (QED) is 0.301. The van der Waals surface area contributed by atoms with Crippen molar-refractivity contribution in [3.63, 3.8) is 0 Å². The molecule has 33 heavy (non-hydrogen) atoms. The summed E-state index contributed by atoms with van der Waals surface area (Å²) in [4.78, 5) is 54.3. The molecule has 1 aliphatic carbocycles. The fraction of sp³-hybridized carbons (Fsp3) is 0.407. The van der Waals surface area contributed by atoms with Gasteiger partial charge in [-0.3, -0.25) is 24.1 Å². The molecule has 2 aromatic carbocycles. The van der Waals surface area contributed by atoms with Gasteiger partial charge in [-0.2, -0.15) is 0 Å². The predicted molar refractivity (Wildman–Crippen MR) is 123 cm³/mol. The molecule has 2 aliphatic rings. The molecule has 0 saturated heterocycles. The van der Waals surface area contributed by atoms with Crippen molar-refractivity contribution < 1.29 is 23.9 Å². The molecule has 1 aliphatic heterocycles. The predicted octanol–water partition coefficient (Wildman–Crippen LogP) is 4.37. The van der Waals surface area contributed by atoms with Crippen LogP contribution in [0.5, 0.6) is 0 Å². The summed E-state index contributed by atoms with van der Waals surface area (Å²) in [5, 5.41) is 0. The normalized spacial score (nSPS) is 23.3. The van der Waals surface area contributed by atoms with Crippen molar-refractivity contribution in [2.24, 2.45) is 5.41 Å². The number of rotatable bonds is 4. The average Bonchev–Trinajstić information content (AvgIpc) is 2.91. The van der Waals surface area contributed by atoms with E-state index in [1.807, 2.05) is 30.3 Å². The lowest BCUT2D eigenvalue weighted by Gasteiger charge is -2.33. The molecule has 0 N–H and O–H groups in total. The second-order valence-corrected chi connectivity index (χ2v) is 9.93. The zero-order chi connectivity index (χ0) is 23.8. The number of ether oxygens (including phenoxy) is 1. The van der Waals surface area contributed by atoms with E-state index in [1.165, 1.54) is 4.90 Å². The summed E-state index contributed by atoms with van der Waals surface area (Å²) in [5.41, 5.74) is -0.436. The molecule has 6 heteroatoms. The molecule has 0 radical (unpaired) electrons. The maximum Gasteiger partial charge on any atom is 0.320 e. The van der Waals surface area contributed by atoms with E-state index in [4.69, 9.17) is 4.74 Å². The molecule has 1 fully saturated rings. The van der Waals surface area contributed by atoms with Crippen molar-refractivity contribution in [1.82, 2.24) is 4.90 Å². The number of nitrogens with zero attached hydrogens (tertiary/aromatic N) is 1. The molecule has 0 unspecified atom stereocenters. The van der Waals surface area contributed by atoms with Crippen LogP contribution in [0.15, 0.2) is 54.6 Å². The highest BCUT2D eigenvalue weighted by molar-refractivity contribution is 6.21. The van der Waals surface area contributed by atoms with Gasteiger partial charge in [0.25, 0.3) is 11.8 Å². The molecular weight excluding hydrogens is 418 g/mol. The van der Waals surface area contributed by atoms with Gasteiger partial charge in [0.05, 0.1) is 11.1 Å². The molecule has 1 saturated carbocycles. The second-order valence-electron chi connectivity index (χ2n) is 9.93. The van der Waals surface area contributed by atoms with Gasteiger partial charge in [0, 0.05) is 12.5 Å². The van der Waals surface area contributed by atoms with Gasteiger partial charge in [0.1, 0.15) is 11.0 Å². The van der Waals surface area contributed by atoms with Crippen LogP contribution < -0.4 is 0 Å². The van der Waals surface area contributed by atoms with E-state index in [0.29, 0.717) is 24.0 Å². The minimum Gasteiger partial charge on any atom is -0.459 e. The zero-order valence-electron chi connectivity index (χ0n) is 19.3. The summed E-state index contributed by atoms with van der Waals surface area (Å²) in [6.07, 6.45) is 1.25. The Morgan fingerprint density at radius 2 is 1.52 bits per heavy atom. The first-order chi connectivity index (χ1) is 15.6. The summed E-state index contributed by atoms with van der Waals surface area (Å²) in [5.74, 6) is -1.40. The Morgan fingerprint density at radius 1 is 0.939 bits per heavy atom. The van der Waals surface area contributed by atoms with Crippen molar-refractivity contribution in [3.05, 3.63) is 71.3 Å². The van der Waals surface area contributed by atoms with Crippen LogP contribution in [0.3, 0.4) is 0 Å². The number of ketones is 1. The van der Waals surface area contributed by atoms with Gasteiger partial charge in [0.15, 0.2) is 5.78 Å². The minimum atomic E-state index is -1.35. The number of fused-ring (bicyclic) bond motifs is 1. The van der Waals surface area contributed by atoms with Crippen molar-refractivity contribution in [1.29, 1.82) is 0 Å². The highest BCUT2D eigenvalue weighted by Gasteiger charge is 2.51. The maximum absolute atomic E-state index is 13.5. The van der Waals surface area contributed by atoms with Crippen LogP contribution in [0.1, 0.15) is 72.7 Å². The molecule has 2 aromatic rings. The fourth-order valence-corrected chi connectivity index (χ4v) is 4.83. The Labute approximate surface area is 193 Å². The Kier molecular flexibility index (Phi) is 5.95. The van der Waals surface area contributed by atoms with Crippen LogP contribution in [0, 0.1) is 5.41 Å². The van der Waals surface area contributed by atoms with Gasteiger partial charge >= 0.3 is 5.97 Å². The van der Waals surface area contributed by atoms with Gasteiger partial charge in [-0.25, -0.2) is 0 Å². The second kappa shape index (κ2) is 8.58. The lowest BCUT2D eigenvalue weighted by molar-refractivity contribution is -0.171. The summed E-state index contributed by atoms with van der Waals surface area (Å²) in [6, 6.07) is 15.8. The van der Waals surface area contributed by atoms with Crippen LogP contribution in [0.2, 0.25) is 0 Å². The highest BCUT2D eigenvalue weighted by Crippen LogP contribution is 2.40. The number of benzene rings is 2. The van der Waals surface area contributed by atoms with Crippen molar-refractivity contribution >= 4 is 23.6 Å². The van der Waals surface area contributed by atoms with E-state index in [0.717, 1.165) is 5.56 Å². The number of carbonyl (C=O) groups is 4. The molecular formula is C27H29NO5. The summed E-state index contributed by atoms with van der Waals surface area (Å²) < 4.78 is 5.73. The van der Waals surface area contributed by atoms with Crippen LogP contribution in [-0.4, -0.2) is 40.1 Å². The topological polar surface area (TPSA) is 80.8 Å². The Bertz CT molecular complexity index is 1070. The van der Waals surface area contributed by atoms with Crippen LogP contribution >= 0.6 is 0 Å². The zero-order valence-corrected chi connectivity index (χ0v) is 19.3. The fourth-order valence-electron chi connectivity index (χ4n) is 4.83. The average molecular weight is 448 g/mol. The Morgan fingerprint density at radius 3 is 2.09 bits per heavy atom. The molecule has 6 nitrogen and oxygen atoms in total. The summed E-state index contributed by atoms with van der Waals surface area (Å²) >= 11 is 0. The standard InChI is InChI=1S/C27H29NO5/c1-26(2,3)33-25(32)27(17-18-9-5-4-6-10-18)16-15-19(13-14-22(27)29)28-23(30)20-11-7-8-12-21(20)24(28)31/h4-12,19H,13-17H2,1-3H3/t19-,27-/m0/s1. The SMILES string of the molecule is CC(C)(C)OC(=O)[C@]1(Cc2ccccc2)CC[C@@H](N2C(=O)c3ccccc3C2=O)CCC1=O. The van der Waals surface area contributed by atoms with Crippen LogP contribution in [0.25, 0.3) is 0 Å². The summed E-state index contributed by atoms with van der Waals surface area (Å²) in [7, 11) is 0. The van der Waals surface area contributed by atoms with E-state index in [-0.39, 0.29) is 36.9 Å². The van der Waals surface area contributed by atoms with Gasteiger partial charge < -0.3 is 4.74 Å². The molecule has 2 atom stereocenters. The van der Waals surface area contributed by atoms with E-state index in [9.17, 15) is 19.2 Å². The third kappa shape index (κ3) is 4.34. The van der Waals surface area contributed by atoms with Gasteiger partial charge in [-0.05, 0) is 64.2 Å². The molecule has 172 valence electrons. The third-order valence-electron chi connectivity index (χ3n) is 6.47. The molecule has 2 amide bonds. The van der Waals surface area contributed by atoms with E-state index >= 15 is 0 Å². The lowest BCUT2D eigenvalue weighted by atomic mass is 9.74. The number of imide groups is 1. The van der Waals surface area contributed by atoms with Crippen molar-refractivity contribution in [2.45, 2.75) is 64.5 Å². The third-order valence-corrected chi connectivity index (χ3v) is 6.47. The lowest BCUT2D eigenvalue weighted by Crippen LogP contribution is -2.45. The maximum atomic E-state index is 13.5. The molecule has 1 heterocycles. The van der Waals surface area contributed by atoms with Crippen molar-refractivity contribution in [2.75, 3.05) is 0 Å². The first kappa shape index (κ1) is 22.9. The number of Topliss-reactive ketones (excluding diaryl/α,β-unsaturated/α-hetero) is 1. The van der Waals surface area contributed by atoms with E-state index < -0.39 is 23.0 Å². The Hall–Kier alpha value is -3.28. The highest BCUT2D eigenvalue weighted by atomic mass is 16.6. The molecule has 4 rings (SSSR count). The van der Waals surface area contributed by atoms with Crippen LogP contribution in [-0.2, 0) is 20.7 Å². The number of carbonyl (C=O) groups excluding carboxylic acids is 4. The number of hydrogen-bond donors (Lipinski definition) is 0. The van der Waals surface area contributed by atoms with E-state index in [2.05, 4.69) is 0 Å². The van der Waals surface area contributed by atoms with Gasteiger partial charge in [-0.15, -0.1) is 0 Å². The number of hydrogen-bond acceptors (Lipinski definition) is 5. The first-order valence-electron chi connectivity index (χ1n) is 11.4. The molecule has 0 bridgehead atoms. The molecule has 0 spiro atoms. The number of esters is 1. The first-order valence-corrected chi connectivity index (χ1v) is 11.4. The Balaban J connectivity index is 1.65. The van der Waals surface area contributed by atoms with Crippen LogP contribution in [0.4, 0.5) is 0 Å². The minimum absolute atomic E-state index is 0.101. The summed E-state index contributed by atoms with van der Waals surface area (Å²) in [6.45, 7) is 5.34. The number of amides is 2. The largest absolute Gasteiger partial charge is 0.459 e. The van der Waals surface area contributed by atoms with Crippen molar-refractivity contribution in [3.8, 4) is 0 Å².